The standard InChI is InChI=1S/2Fe.Mn.H2Si/h;;;1H2. The van der Waals surface area contributed by atoms with E-state index in [1.807, 2.05) is 0 Å². The van der Waals surface area contributed by atoms with Gasteiger partial charge in [0.15, 0.2) is 0 Å². The Labute approximate surface area is 48.5 Å². The van der Waals surface area contributed by atoms with Gasteiger partial charge in [0, 0.05) is 0 Å². The molecule has 0 saturated heterocycles. The molecule has 0 nitrogen and oxygen atoms in total. The van der Waals surface area contributed by atoms with E-state index in [0.717, 1.165) is 12.5 Å². The molecule has 0 spiro atoms. The molecule has 0 aliphatic rings. The maximum atomic E-state index is 3.69. The Bertz CT molecular complexity index is 8.00. The van der Waals surface area contributed by atoms with Crippen molar-refractivity contribution < 1.29 is 42.1 Å². The van der Waals surface area contributed by atoms with E-state index in [2.05, 4.69) is 29.6 Å². The van der Waals surface area contributed by atoms with Gasteiger partial charge in [0.05, 0.1) is 0 Å². The van der Waals surface area contributed by atoms with Crippen LogP contribution in [-0.2, 0) is 42.1 Å². The summed E-state index contributed by atoms with van der Waals surface area (Å²) in [6.07, 6.45) is 0. The van der Waals surface area contributed by atoms with Gasteiger partial charge in [0.25, 0.3) is 0 Å². The van der Waals surface area contributed by atoms with Crippen LogP contribution in [0.5, 0.6) is 0 Å². The zero-order chi connectivity index (χ0) is 3.41. The van der Waals surface area contributed by atoms with Crippen LogP contribution >= 0.6 is 0 Å². The maximum absolute atomic E-state index is 3.69. The molecule has 0 amide bonds. The molecule has 0 aliphatic heterocycles. The van der Waals surface area contributed by atoms with Gasteiger partial charge in [-0.15, -0.1) is 0 Å². The number of hydrogen-bond donors (Lipinski definition) is 0. The number of hydrogen-bond acceptors (Lipinski definition) is 0. The normalized spacial score (nSPS) is 10.5. The Hall–Kier alpha value is 1.78. The molecule has 0 radical (unpaired) electrons. The molecule has 0 fully saturated rings. The van der Waals surface area contributed by atoms with E-state index in [1.54, 1.807) is 0 Å². The molecule has 0 bridgehead atoms. The third kappa shape index (κ3) is 3.78. The van der Waals surface area contributed by atoms with Crippen molar-refractivity contribution in [3.8, 4) is 0 Å². The summed E-state index contributed by atoms with van der Waals surface area (Å²) in [4.78, 5) is 0. The molecule has 0 saturated carbocycles. The summed E-state index contributed by atoms with van der Waals surface area (Å²) in [5.74, 6) is 0. The predicted molar refractivity (Wildman–Crippen MR) is 8.54 cm³/mol. The van der Waals surface area contributed by atoms with Crippen molar-refractivity contribution in [3.05, 3.63) is 0 Å². The van der Waals surface area contributed by atoms with Crippen molar-refractivity contribution in [1.29, 1.82) is 0 Å². The second-order valence-corrected chi connectivity index (χ2v) is 9.64. The summed E-state index contributed by atoms with van der Waals surface area (Å²) < 4.78 is 0. The van der Waals surface area contributed by atoms with Crippen LogP contribution in [-0.4, -0.2) is 6.73 Å². The molecule has 0 N–H and O–H groups in total. The van der Waals surface area contributed by atoms with Gasteiger partial charge in [0.1, 0.15) is 0 Å². The van der Waals surface area contributed by atoms with E-state index < -0.39 is 0 Å². The summed E-state index contributed by atoms with van der Waals surface area (Å²) in [6, 6.07) is 0. The summed E-state index contributed by atoms with van der Waals surface area (Å²) in [5.41, 5.74) is 0. The van der Waals surface area contributed by atoms with Gasteiger partial charge < -0.3 is 0 Å². The molecular formula is H2Fe2MnSi. The van der Waals surface area contributed by atoms with Crippen molar-refractivity contribution >= 4 is 6.73 Å². The molecule has 0 atom stereocenters. The SMILES string of the molecule is [Fe][SiH2][Mn][Fe]. The van der Waals surface area contributed by atoms with Crippen LogP contribution < -0.4 is 0 Å². The van der Waals surface area contributed by atoms with E-state index in [1.165, 1.54) is 0 Å². The zero-order valence-electron chi connectivity index (χ0n) is 1.79. The van der Waals surface area contributed by atoms with Gasteiger partial charge in [0.2, 0.25) is 0 Å². The van der Waals surface area contributed by atoms with E-state index >= 15 is 0 Å². The van der Waals surface area contributed by atoms with Crippen molar-refractivity contribution in [2.75, 3.05) is 0 Å². The van der Waals surface area contributed by atoms with Gasteiger partial charge in [-0.3, -0.25) is 0 Å². The van der Waals surface area contributed by atoms with Crippen LogP contribution in [0.3, 0.4) is 0 Å². The van der Waals surface area contributed by atoms with E-state index in [-0.39, 0.29) is 6.73 Å². The van der Waals surface area contributed by atoms with Crippen molar-refractivity contribution in [2.45, 2.75) is 0 Å². The fraction of sp³-hybridized carbons (Fsp3) is 0. The van der Waals surface area contributed by atoms with Gasteiger partial charge in [-0.25, -0.2) is 0 Å². The molecule has 0 aromatic heterocycles. The molecule has 4 heavy (non-hydrogen) atoms. The summed E-state index contributed by atoms with van der Waals surface area (Å²) in [5, 5.41) is 0. The second-order valence-electron chi connectivity index (χ2n) is 0.189. The van der Waals surface area contributed by atoms with Crippen LogP contribution in [0.15, 0.2) is 0 Å². The quantitative estimate of drug-likeness (QED) is 0.476. The van der Waals surface area contributed by atoms with E-state index in [0.29, 0.717) is 0 Å². The van der Waals surface area contributed by atoms with Crippen LogP contribution in [0.4, 0.5) is 0 Å². The average molecular weight is 197 g/mol. The summed E-state index contributed by atoms with van der Waals surface area (Å²) >= 11 is 8.22. The Kier molecular flexibility index (Phi) is 6.89. The van der Waals surface area contributed by atoms with Crippen LogP contribution in [0.25, 0.3) is 0 Å². The first-order valence-electron chi connectivity index (χ1n) is 0.651. The Morgan fingerprint density at radius 3 is 2.00 bits per heavy atom. The third-order valence-corrected chi connectivity index (χ3v) is 7.02. The molecule has 0 aromatic carbocycles. The van der Waals surface area contributed by atoms with Crippen molar-refractivity contribution in [3.63, 3.8) is 0 Å². The first-order valence-corrected chi connectivity index (χ1v) is 8.67. The van der Waals surface area contributed by atoms with Crippen LogP contribution in [0, 0.1) is 0 Å². The molecule has 29 valence electrons. The van der Waals surface area contributed by atoms with Gasteiger partial charge >= 0.3 is 48.8 Å². The van der Waals surface area contributed by atoms with E-state index in [9.17, 15) is 0 Å². The van der Waals surface area contributed by atoms with Crippen molar-refractivity contribution in [2.24, 2.45) is 0 Å². The second kappa shape index (κ2) is 4.78. The zero-order valence-corrected chi connectivity index (χ0v) is 6.60. The Balaban J connectivity index is 1.97. The summed E-state index contributed by atoms with van der Waals surface area (Å²) in [7, 11) is 0. The Morgan fingerprint density at radius 2 is 2.00 bits per heavy atom. The minimum atomic E-state index is 0.0945. The predicted octanol–water partition coefficient (Wildman–Crippen LogP) is -0.924. The van der Waals surface area contributed by atoms with Crippen molar-refractivity contribution in [1.82, 2.24) is 0 Å². The fourth-order valence-electron chi connectivity index (χ4n) is 0. The number of rotatable bonds is 1. The monoisotopic (exact) mass is 197 g/mol. The van der Waals surface area contributed by atoms with Gasteiger partial charge in [-0.05, 0) is 0 Å². The molecule has 0 unspecified atom stereocenters. The minimum absolute atomic E-state index is 0.0945. The molecule has 0 aromatic rings. The topological polar surface area (TPSA) is 0 Å². The molecule has 0 heterocycles. The van der Waals surface area contributed by atoms with Gasteiger partial charge in [-0.2, -0.15) is 0 Å². The molecule has 0 aliphatic carbocycles. The average Bonchev–Trinajstić information content (AvgIpc) is 1.37. The molecule has 0 rings (SSSR count). The fourth-order valence-corrected chi connectivity index (χ4v) is 0. The summed E-state index contributed by atoms with van der Waals surface area (Å²) in [6.45, 7) is 0.0945. The first-order chi connectivity index (χ1) is 1.91. The van der Waals surface area contributed by atoms with Crippen LogP contribution in [0.2, 0.25) is 0 Å². The first kappa shape index (κ1) is 5.78. The van der Waals surface area contributed by atoms with E-state index in [4.69, 9.17) is 0 Å². The molecular weight excluding hydrogens is 195 g/mol. The third-order valence-electron chi connectivity index (χ3n) is 0.0334. The Morgan fingerprint density at radius 1 is 1.75 bits per heavy atom. The molecule has 4 heteroatoms. The van der Waals surface area contributed by atoms with Crippen LogP contribution in [0.1, 0.15) is 0 Å². The van der Waals surface area contributed by atoms with Gasteiger partial charge in [-0.1, -0.05) is 0 Å².